The Balaban J connectivity index is 2.53. The van der Waals surface area contributed by atoms with Gasteiger partial charge < -0.3 is 15.0 Å². The van der Waals surface area contributed by atoms with Crippen LogP contribution in [0, 0.1) is 5.92 Å². The Morgan fingerprint density at radius 1 is 1.22 bits per heavy atom. The van der Waals surface area contributed by atoms with Gasteiger partial charge in [-0.1, -0.05) is 0 Å². The maximum Gasteiger partial charge on any atom is 0.328 e. The highest BCUT2D eigenvalue weighted by molar-refractivity contribution is 5.85. The minimum absolute atomic E-state index is 0.0329. The van der Waals surface area contributed by atoms with Gasteiger partial charge in [0, 0.05) is 13.0 Å². The lowest BCUT2D eigenvalue weighted by Gasteiger charge is -2.30. The van der Waals surface area contributed by atoms with Crippen LogP contribution in [-0.4, -0.2) is 49.1 Å². The van der Waals surface area contributed by atoms with Crippen molar-refractivity contribution in [3.05, 3.63) is 0 Å². The molecule has 1 unspecified atom stereocenters. The maximum absolute atomic E-state index is 12.2. The quantitative estimate of drug-likeness (QED) is 0.755. The molecule has 0 aliphatic carbocycles. The molecule has 1 aliphatic heterocycles. The number of piperidine rings is 1. The second-order valence-electron chi connectivity index (χ2n) is 5.14. The van der Waals surface area contributed by atoms with E-state index < -0.39 is 6.04 Å². The molecule has 18 heavy (non-hydrogen) atoms. The molecule has 1 fully saturated rings. The Labute approximate surface area is 109 Å². The third-order valence-corrected chi connectivity index (χ3v) is 3.31. The first-order chi connectivity index (χ1) is 8.43. The van der Waals surface area contributed by atoms with E-state index in [1.54, 1.807) is 27.8 Å². The second-order valence-corrected chi connectivity index (χ2v) is 5.14. The Morgan fingerprint density at radius 3 is 2.28 bits per heavy atom. The van der Waals surface area contributed by atoms with Crippen molar-refractivity contribution in [2.45, 2.75) is 45.8 Å². The highest BCUT2D eigenvalue weighted by Gasteiger charge is 2.30. The van der Waals surface area contributed by atoms with Crippen molar-refractivity contribution in [3.63, 3.8) is 0 Å². The Morgan fingerprint density at radius 2 is 1.78 bits per heavy atom. The molecule has 0 bridgehead atoms. The summed E-state index contributed by atoms with van der Waals surface area (Å²) in [4.78, 5) is 25.5. The first-order valence-electron chi connectivity index (χ1n) is 6.61. The van der Waals surface area contributed by atoms with Crippen LogP contribution in [0.3, 0.4) is 0 Å². The molecule has 0 aromatic carbocycles. The van der Waals surface area contributed by atoms with Gasteiger partial charge in [0.25, 0.3) is 0 Å². The van der Waals surface area contributed by atoms with Crippen LogP contribution in [0.15, 0.2) is 0 Å². The average molecular weight is 256 g/mol. The van der Waals surface area contributed by atoms with Crippen molar-refractivity contribution in [3.8, 4) is 0 Å². The van der Waals surface area contributed by atoms with Crippen molar-refractivity contribution >= 4 is 11.9 Å². The summed E-state index contributed by atoms with van der Waals surface area (Å²) in [7, 11) is 1.68. The van der Waals surface area contributed by atoms with Gasteiger partial charge in [-0.05, 0) is 46.7 Å². The van der Waals surface area contributed by atoms with Gasteiger partial charge in [0.05, 0.1) is 6.10 Å². The van der Waals surface area contributed by atoms with E-state index in [0.717, 1.165) is 25.9 Å². The number of hydrogen-bond acceptors (Lipinski definition) is 4. The number of nitrogens with zero attached hydrogens (tertiary/aromatic N) is 1. The number of esters is 1. The molecule has 0 saturated carbocycles. The van der Waals surface area contributed by atoms with Gasteiger partial charge in [-0.25, -0.2) is 4.79 Å². The molecule has 104 valence electrons. The summed E-state index contributed by atoms with van der Waals surface area (Å²) < 4.78 is 5.13. The van der Waals surface area contributed by atoms with Gasteiger partial charge in [-0.3, -0.25) is 4.79 Å². The fraction of sp³-hybridized carbons (Fsp3) is 0.846. The van der Waals surface area contributed by atoms with Gasteiger partial charge >= 0.3 is 5.97 Å². The van der Waals surface area contributed by atoms with Crippen LogP contribution in [0.5, 0.6) is 0 Å². The van der Waals surface area contributed by atoms with E-state index in [2.05, 4.69) is 5.32 Å². The summed E-state index contributed by atoms with van der Waals surface area (Å²) in [6, 6.07) is -0.519. The van der Waals surface area contributed by atoms with E-state index in [9.17, 15) is 9.59 Å². The number of rotatable bonds is 4. The molecule has 0 spiro atoms. The lowest BCUT2D eigenvalue weighted by Crippen LogP contribution is -2.46. The molecule has 1 heterocycles. The van der Waals surface area contributed by atoms with E-state index >= 15 is 0 Å². The number of carbonyl (C=O) groups excluding carboxylic acids is 2. The summed E-state index contributed by atoms with van der Waals surface area (Å²) in [5.74, 6) is -0.259. The molecular weight excluding hydrogens is 232 g/mol. The molecule has 1 saturated heterocycles. The van der Waals surface area contributed by atoms with Crippen molar-refractivity contribution in [1.29, 1.82) is 0 Å². The Hall–Kier alpha value is -1.10. The van der Waals surface area contributed by atoms with Crippen LogP contribution in [0.25, 0.3) is 0 Å². The van der Waals surface area contributed by atoms with Crippen LogP contribution in [0.4, 0.5) is 0 Å². The molecule has 1 N–H and O–H groups in total. The number of amides is 1. The topological polar surface area (TPSA) is 58.6 Å². The fourth-order valence-electron chi connectivity index (χ4n) is 2.04. The zero-order valence-corrected chi connectivity index (χ0v) is 11.7. The van der Waals surface area contributed by atoms with E-state index in [4.69, 9.17) is 4.74 Å². The van der Waals surface area contributed by atoms with Crippen LogP contribution in [0.1, 0.15) is 33.6 Å². The molecule has 1 rings (SSSR count). The van der Waals surface area contributed by atoms with Crippen LogP contribution >= 0.6 is 0 Å². The molecular formula is C13H24N2O3. The molecule has 1 aliphatic rings. The zero-order valence-electron chi connectivity index (χ0n) is 11.7. The van der Waals surface area contributed by atoms with Gasteiger partial charge in [-0.2, -0.15) is 0 Å². The Kier molecular flexibility index (Phi) is 5.59. The standard InChI is InChI=1S/C13H24N2O3/c1-9(2)18-13(17)10(3)15(4)12(16)11-5-7-14-8-6-11/h9-11,14H,5-8H2,1-4H3. The first-order valence-corrected chi connectivity index (χ1v) is 6.61. The summed E-state index contributed by atoms with van der Waals surface area (Å²) in [5.41, 5.74) is 0. The van der Waals surface area contributed by atoms with E-state index in [1.165, 1.54) is 4.90 Å². The summed E-state index contributed by atoms with van der Waals surface area (Å²) in [6.07, 6.45) is 1.53. The molecule has 0 aromatic heterocycles. The van der Waals surface area contributed by atoms with Crippen LogP contribution in [-0.2, 0) is 14.3 Å². The molecule has 5 nitrogen and oxygen atoms in total. The lowest BCUT2D eigenvalue weighted by atomic mass is 9.96. The van der Waals surface area contributed by atoms with Crippen molar-refractivity contribution < 1.29 is 14.3 Å². The summed E-state index contributed by atoms with van der Waals surface area (Å²) in [5, 5.41) is 3.22. The minimum atomic E-state index is -0.519. The van der Waals surface area contributed by atoms with Crippen molar-refractivity contribution in [2.75, 3.05) is 20.1 Å². The second kappa shape index (κ2) is 6.73. The van der Waals surface area contributed by atoms with E-state index in [-0.39, 0.29) is 23.9 Å². The normalized spacial score (nSPS) is 18.5. The van der Waals surface area contributed by atoms with E-state index in [1.807, 2.05) is 0 Å². The number of carbonyl (C=O) groups is 2. The summed E-state index contributed by atoms with van der Waals surface area (Å²) in [6.45, 7) is 7.06. The molecule has 1 amide bonds. The van der Waals surface area contributed by atoms with Crippen LogP contribution < -0.4 is 5.32 Å². The SMILES string of the molecule is CC(C)OC(=O)C(C)N(C)C(=O)C1CCNCC1. The average Bonchev–Trinajstić information content (AvgIpc) is 2.36. The van der Waals surface area contributed by atoms with Gasteiger partial charge in [0.2, 0.25) is 5.91 Å². The van der Waals surface area contributed by atoms with Crippen molar-refractivity contribution in [1.82, 2.24) is 10.2 Å². The monoisotopic (exact) mass is 256 g/mol. The molecule has 5 heteroatoms. The number of hydrogen-bond donors (Lipinski definition) is 1. The number of nitrogens with one attached hydrogen (secondary N) is 1. The van der Waals surface area contributed by atoms with Gasteiger partial charge in [0.15, 0.2) is 0 Å². The molecule has 0 radical (unpaired) electrons. The summed E-state index contributed by atoms with van der Waals surface area (Å²) >= 11 is 0. The Bertz CT molecular complexity index is 299. The predicted octanol–water partition coefficient (Wildman–Crippen LogP) is 0.785. The number of ether oxygens (including phenoxy) is 1. The van der Waals surface area contributed by atoms with Crippen molar-refractivity contribution in [2.24, 2.45) is 5.92 Å². The third kappa shape index (κ3) is 3.98. The predicted molar refractivity (Wildman–Crippen MR) is 69.1 cm³/mol. The lowest BCUT2D eigenvalue weighted by molar-refractivity contribution is -0.157. The minimum Gasteiger partial charge on any atom is -0.461 e. The third-order valence-electron chi connectivity index (χ3n) is 3.31. The number of likely N-dealkylation sites (N-methyl/N-ethyl adjacent to an activating group) is 1. The highest BCUT2D eigenvalue weighted by Crippen LogP contribution is 2.16. The van der Waals surface area contributed by atoms with Gasteiger partial charge in [-0.15, -0.1) is 0 Å². The van der Waals surface area contributed by atoms with Gasteiger partial charge in [0.1, 0.15) is 6.04 Å². The fourth-order valence-corrected chi connectivity index (χ4v) is 2.04. The first kappa shape index (κ1) is 15.0. The smallest absolute Gasteiger partial charge is 0.328 e. The molecule has 0 aromatic rings. The molecule has 1 atom stereocenters. The largest absolute Gasteiger partial charge is 0.461 e. The van der Waals surface area contributed by atoms with Crippen LogP contribution in [0.2, 0.25) is 0 Å². The maximum atomic E-state index is 12.2. The highest BCUT2D eigenvalue weighted by atomic mass is 16.5. The van der Waals surface area contributed by atoms with E-state index in [0.29, 0.717) is 0 Å². The zero-order chi connectivity index (χ0) is 13.7.